The number of carbonyl (C=O) groups is 1. The number of fused-ring (bicyclic) bond motifs is 1. The second-order valence-corrected chi connectivity index (χ2v) is 10.2. The zero-order valence-corrected chi connectivity index (χ0v) is 21.8. The van der Waals surface area contributed by atoms with Gasteiger partial charge in [-0.25, -0.2) is 14.8 Å². The molecule has 0 bridgehead atoms. The number of nitrogens with one attached hydrogen (secondary N) is 1. The average Bonchev–Trinajstić information content (AvgIpc) is 3.53. The number of aliphatic hydroxyl groups is 1. The zero-order chi connectivity index (χ0) is 25.9. The van der Waals surface area contributed by atoms with E-state index in [1.807, 2.05) is 35.9 Å². The molecule has 0 unspecified atom stereocenters. The maximum absolute atomic E-state index is 13.2. The van der Waals surface area contributed by atoms with Crippen LogP contribution >= 0.6 is 11.3 Å². The van der Waals surface area contributed by atoms with Crippen molar-refractivity contribution in [1.82, 2.24) is 19.9 Å². The first-order chi connectivity index (χ1) is 17.9. The van der Waals surface area contributed by atoms with Crippen molar-refractivity contribution in [3.8, 4) is 10.6 Å². The van der Waals surface area contributed by atoms with Gasteiger partial charge in [-0.05, 0) is 62.6 Å². The highest BCUT2D eigenvalue weighted by Gasteiger charge is 2.19. The number of halogens is 1. The summed E-state index contributed by atoms with van der Waals surface area (Å²) in [5.74, 6) is -0.620. The van der Waals surface area contributed by atoms with Gasteiger partial charge in [0, 0.05) is 54.2 Å². The van der Waals surface area contributed by atoms with Gasteiger partial charge in [0.15, 0.2) is 0 Å². The van der Waals surface area contributed by atoms with Gasteiger partial charge in [-0.15, -0.1) is 11.3 Å². The Hall–Kier alpha value is -3.40. The highest BCUT2D eigenvalue weighted by molar-refractivity contribution is 7.13. The van der Waals surface area contributed by atoms with Crippen molar-refractivity contribution >= 4 is 33.9 Å². The third kappa shape index (κ3) is 5.64. The smallest absolute Gasteiger partial charge is 0.273 e. The number of likely N-dealkylation sites (tertiary alicyclic amines) is 1. The fraction of sp³-hybridized carbons (Fsp3) is 0.321. The van der Waals surface area contributed by atoms with Crippen molar-refractivity contribution in [3.63, 3.8) is 0 Å². The van der Waals surface area contributed by atoms with Crippen molar-refractivity contribution < 1.29 is 14.3 Å². The monoisotopic (exact) mass is 519 g/mol. The molecule has 7 nitrogen and oxygen atoms in total. The highest BCUT2D eigenvalue weighted by Crippen LogP contribution is 2.30. The van der Waals surface area contributed by atoms with Gasteiger partial charge in [-0.1, -0.05) is 12.1 Å². The predicted octanol–water partition coefficient (Wildman–Crippen LogP) is 5.03. The van der Waals surface area contributed by atoms with Crippen molar-refractivity contribution in [1.29, 1.82) is 0 Å². The molecular formula is C28H30FN5O2S. The molecule has 3 heterocycles. The van der Waals surface area contributed by atoms with E-state index in [-0.39, 0.29) is 17.8 Å². The van der Waals surface area contributed by atoms with E-state index in [1.54, 1.807) is 30.4 Å². The van der Waals surface area contributed by atoms with Gasteiger partial charge in [0.1, 0.15) is 10.8 Å². The highest BCUT2D eigenvalue weighted by atomic mass is 32.1. The number of hydrazone groups is 1. The Bertz CT molecular complexity index is 1430. The van der Waals surface area contributed by atoms with Crippen molar-refractivity contribution in [2.24, 2.45) is 5.10 Å². The Morgan fingerprint density at radius 3 is 2.70 bits per heavy atom. The van der Waals surface area contributed by atoms with Crippen LogP contribution in [0.5, 0.6) is 0 Å². The lowest BCUT2D eigenvalue weighted by molar-refractivity contribution is 0.0787. The number of thiazole rings is 1. The molecule has 1 aliphatic rings. The van der Waals surface area contributed by atoms with Crippen LogP contribution in [0.1, 0.15) is 48.3 Å². The normalized spacial score (nSPS) is 15.4. The molecular weight excluding hydrogens is 489 g/mol. The SMILES string of the molecule is CCn1cc(C(=O)N/N=C(\C)c2ccc(F)cc2)c2cc(-c3nc(CN4CCC(O)CC4)cs3)ccc21. The quantitative estimate of drug-likeness (QED) is 0.265. The molecule has 2 aromatic heterocycles. The molecule has 1 amide bonds. The van der Waals surface area contributed by atoms with E-state index in [9.17, 15) is 14.3 Å². The standard InChI is InChI=1S/C28H30FN5O2S/c1-3-34-16-25(27(36)32-31-18(2)19-4-7-21(29)8-5-19)24-14-20(6-9-26(24)34)28-30-22(17-37-28)15-33-12-10-23(35)11-13-33/h4-9,14,16-17,23,35H,3,10-13,15H2,1-2H3,(H,32,36)/b31-18+. The summed E-state index contributed by atoms with van der Waals surface area (Å²) in [5.41, 5.74) is 7.48. The number of hydrogen-bond acceptors (Lipinski definition) is 6. The summed E-state index contributed by atoms with van der Waals surface area (Å²) in [7, 11) is 0. The zero-order valence-electron chi connectivity index (χ0n) is 20.9. The van der Waals surface area contributed by atoms with Gasteiger partial charge in [-0.3, -0.25) is 9.69 Å². The van der Waals surface area contributed by atoms with Crippen molar-refractivity contribution in [2.75, 3.05) is 13.1 Å². The fourth-order valence-corrected chi connectivity index (χ4v) is 5.45. The Balaban J connectivity index is 1.37. The van der Waals surface area contributed by atoms with Crippen molar-refractivity contribution in [3.05, 3.63) is 76.7 Å². The van der Waals surface area contributed by atoms with Gasteiger partial charge in [-0.2, -0.15) is 5.10 Å². The van der Waals surface area contributed by atoms with Crippen LogP contribution in [-0.4, -0.2) is 50.4 Å². The van der Waals surface area contributed by atoms with Crippen LogP contribution in [0.3, 0.4) is 0 Å². The molecule has 1 aliphatic heterocycles. The van der Waals surface area contributed by atoms with E-state index in [2.05, 4.69) is 20.8 Å². The number of benzene rings is 2. The molecule has 2 aromatic carbocycles. The number of hydrogen-bond donors (Lipinski definition) is 2. The number of nitrogens with zero attached hydrogens (tertiary/aromatic N) is 4. The summed E-state index contributed by atoms with van der Waals surface area (Å²) in [5, 5.41) is 17.8. The first-order valence-electron chi connectivity index (χ1n) is 12.5. The van der Waals surface area contributed by atoms with Gasteiger partial charge < -0.3 is 9.67 Å². The Morgan fingerprint density at radius 1 is 1.22 bits per heavy atom. The Morgan fingerprint density at radius 2 is 1.97 bits per heavy atom. The van der Waals surface area contributed by atoms with Crippen LogP contribution in [0.15, 0.2) is 59.1 Å². The molecule has 0 radical (unpaired) electrons. The minimum atomic E-state index is -0.317. The summed E-state index contributed by atoms with van der Waals surface area (Å²) in [6.45, 7) is 7.08. The van der Waals surface area contributed by atoms with E-state index >= 15 is 0 Å². The molecule has 1 saturated heterocycles. The molecule has 0 aliphatic carbocycles. The van der Waals surface area contributed by atoms with Gasteiger partial charge in [0.25, 0.3) is 5.91 Å². The summed E-state index contributed by atoms with van der Waals surface area (Å²) in [6.07, 6.45) is 3.28. The first kappa shape index (κ1) is 25.3. The Kier molecular flexibility index (Phi) is 7.45. The van der Waals surface area contributed by atoms with Crippen LogP contribution < -0.4 is 5.43 Å². The third-order valence-electron chi connectivity index (χ3n) is 6.79. The van der Waals surface area contributed by atoms with Crippen LogP contribution in [0.4, 0.5) is 4.39 Å². The van der Waals surface area contributed by atoms with Crippen LogP contribution in [-0.2, 0) is 13.1 Å². The van der Waals surface area contributed by atoms with Crippen molar-refractivity contribution in [2.45, 2.75) is 45.9 Å². The van der Waals surface area contributed by atoms with E-state index in [0.717, 1.165) is 71.8 Å². The van der Waals surface area contributed by atoms with Crippen LogP contribution in [0, 0.1) is 5.82 Å². The minimum Gasteiger partial charge on any atom is -0.393 e. The molecule has 4 aromatic rings. The summed E-state index contributed by atoms with van der Waals surface area (Å²) in [4.78, 5) is 20.3. The topological polar surface area (TPSA) is 82.8 Å². The van der Waals surface area contributed by atoms with E-state index in [4.69, 9.17) is 4.98 Å². The fourth-order valence-electron chi connectivity index (χ4n) is 4.64. The summed E-state index contributed by atoms with van der Waals surface area (Å²) < 4.78 is 15.3. The maximum Gasteiger partial charge on any atom is 0.273 e. The maximum atomic E-state index is 13.2. The molecule has 0 atom stereocenters. The van der Waals surface area contributed by atoms with E-state index in [1.165, 1.54) is 12.1 Å². The molecule has 0 spiro atoms. The van der Waals surface area contributed by atoms with E-state index in [0.29, 0.717) is 11.3 Å². The van der Waals surface area contributed by atoms with E-state index < -0.39 is 0 Å². The molecule has 9 heteroatoms. The minimum absolute atomic E-state index is 0.187. The number of piperidine rings is 1. The predicted molar refractivity (Wildman–Crippen MR) is 145 cm³/mol. The van der Waals surface area contributed by atoms with Gasteiger partial charge >= 0.3 is 0 Å². The number of aliphatic hydroxyl groups excluding tert-OH is 1. The Labute approximate surface area is 219 Å². The first-order valence-corrected chi connectivity index (χ1v) is 13.4. The summed E-state index contributed by atoms with van der Waals surface area (Å²) >= 11 is 1.60. The van der Waals surface area contributed by atoms with Crippen LogP contribution in [0.2, 0.25) is 0 Å². The molecule has 2 N–H and O–H groups in total. The van der Waals surface area contributed by atoms with Gasteiger partial charge in [0.05, 0.1) is 23.1 Å². The number of rotatable bonds is 7. The molecule has 5 rings (SSSR count). The lowest BCUT2D eigenvalue weighted by Gasteiger charge is -2.28. The lowest BCUT2D eigenvalue weighted by atomic mass is 10.1. The third-order valence-corrected chi connectivity index (χ3v) is 7.74. The largest absolute Gasteiger partial charge is 0.393 e. The molecule has 37 heavy (non-hydrogen) atoms. The summed E-state index contributed by atoms with van der Waals surface area (Å²) in [6, 6.07) is 12.1. The number of amides is 1. The molecule has 0 saturated carbocycles. The molecule has 1 fully saturated rings. The van der Waals surface area contributed by atoms with Gasteiger partial charge in [0.2, 0.25) is 0 Å². The number of aryl methyl sites for hydroxylation is 1. The second-order valence-electron chi connectivity index (χ2n) is 9.36. The lowest BCUT2D eigenvalue weighted by Crippen LogP contribution is -2.35. The number of aromatic nitrogens is 2. The molecule has 192 valence electrons. The number of carbonyl (C=O) groups excluding carboxylic acids is 1. The second kappa shape index (κ2) is 10.9. The van der Waals surface area contributed by atoms with Crippen LogP contribution in [0.25, 0.3) is 21.5 Å². The average molecular weight is 520 g/mol.